The SMILES string of the molecule is CC(C)NC(=O)CN1CCN(C(=O)c2ccc(Nc3ncc(-c4cn[nH]c4)n4ncnc34)cc2)CC1. The van der Waals surface area contributed by atoms with Crippen LogP contribution in [0.5, 0.6) is 0 Å². The third kappa shape index (κ3) is 5.03. The highest BCUT2D eigenvalue weighted by Gasteiger charge is 2.23. The maximum Gasteiger partial charge on any atom is 0.253 e. The molecule has 0 bridgehead atoms. The van der Waals surface area contributed by atoms with Crippen molar-refractivity contribution in [3.8, 4) is 11.3 Å². The summed E-state index contributed by atoms with van der Waals surface area (Å²) in [5, 5.41) is 17.2. The number of nitrogens with zero attached hydrogens (tertiary/aromatic N) is 7. The number of hydrogen-bond donors (Lipinski definition) is 3. The van der Waals surface area contributed by atoms with Gasteiger partial charge in [0.1, 0.15) is 6.33 Å². The number of anilines is 2. The number of carbonyl (C=O) groups excluding carboxylic acids is 2. The molecule has 4 heterocycles. The van der Waals surface area contributed by atoms with E-state index in [0.29, 0.717) is 49.8 Å². The molecule has 4 aromatic rings. The van der Waals surface area contributed by atoms with Crippen molar-refractivity contribution in [3.63, 3.8) is 0 Å². The van der Waals surface area contributed by atoms with Gasteiger partial charge in [-0.3, -0.25) is 19.6 Å². The Bertz CT molecular complexity index is 1340. The van der Waals surface area contributed by atoms with Gasteiger partial charge in [0.2, 0.25) is 5.91 Å². The molecule has 36 heavy (non-hydrogen) atoms. The van der Waals surface area contributed by atoms with E-state index in [9.17, 15) is 9.59 Å². The summed E-state index contributed by atoms with van der Waals surface area (Å²) < 4.78 is 1.70. The van der Waals surface area contributed by atoms with Crippen LogP contribution in [0.25, 0.3) is 16.9 Å². The molecule has 3 aromatic heterocycles. The average Bonchev–Trinajstić information content (AvgIpc) is 3.57. The summed E-state index contributed by atoms with van der Waals surface area (Å²) in [5.74, 6) is 0.550. The van der Waals surface area contributed by atoms with Crippen molar-refractivity contribution in [2.24, 2.45) is 0 Å². The van der Waals surface area contributed by atoms with E-state index >= 15 is 0 Å². The molecule has 1 aromatic carbocycles. The van der Waals surface area contributed by atoms with Crippen LogP contribution in [-0.2, 0) is 4.79 Å². The molecule has 0 unspecified atom stereocenters. The van der Waals surface area contributed by atoms with Crippen molar-refractivity contribution in [3.05, 3.63) is 54.7 Å². The van der Waals surface area contributed by atoms with Gasteiger partial charge in [0.05, 0.1) is 24.6 Å². The minimum atomic E-state index is -0.0183. The molecule has 186 valence electrons. The van der Waals surface area contributed by atoms with Crippen molar-refractivity contribution in [2.45, 2.75) is 19.9 Å². The largest absolute Gasteiger partial charge is 0.353 e. The number of hydrogen-bond acceptors (Lipinski definition) is 8. The van der Waals surface area contributed by atoms with Gasteiger partial charge in [-0.2, -0.15) is 10.2 Å². The van der Waals surface area contributed by atoms with Crippen LogP contribution < -0.4 is 10.6 Å². The van der Waals surface area contributed by atoms with E-state index in [0.717, 1.165) is 16.9 Å². The molecular formula is C24H28N10O2. The number of fused-ring (bicyclic) bond motifs is 1. The molecule has 3 N–H and O–H groups in total. The zero-order chi connectivity index (χ0) is 25.1. The molecule has 2 amide bonds. The summed E-state index contributed by atoms with van der Waals surface area (Å²) in [6.45, 7) is 6.77. The van der Waals surface area contributed by atoms with Gasteiger partial charge in [0, 0.05) is 55.2 Å². The maximum atomic E-state index is 13.0. The molecule has 0 spiro atoms. The lowest BCUT2D eigenvalue weighted by Gasteiger charge is -2.34. The molecule has 12 nitrogen and oxygen atoms in total. The minimum Gasteiger partial charge on any atom is -0.353 e. The van der Waals surface area contributed by atoms with E-state index in [-0.39, 0.29) is 17.9 Å². The second kappa shape index (κ2) is 10.1. The number of aromatic nitrogens is 6. The van der Waals surface area contributed by atoms with Crippen molar-refractivity contribution >= 4 is 29.0 Å². The lowest BCUT2D eigenvalue weighted by Crippen LogP contribution is -2.51. The van der Waals surface area contributed by atoms with Crippen LogP contribution in [0.3, 0.4) is 0 Å². The molecule has 12 heteroatoms. The van der Waals surface area contributed by atoms with Crippen molar-refractivity contribution < 1.29 is 9.59 Å². The van der Waals surface area contributed by atoms with Crippen molar-refractivity contribution in [2.75, 3.05) is 38.0 Å². The summed E-state index contributed by atoms with van der Waals surface area (Å²) in [5.41, 5.74) is 3.59. The van der Waals surface area contributed by atoms with Gasteiger partial charge in [0.25, 0.3) is 5.91 Å². The molecule has 1 aliphatic rings. The average molecular weight is 489 g/mol. The Labute approximate surface area is 207 Å². The Morgan fingerprint density at radius 1 is 1.06 bits per heavy atom. The first kappa shape index (κ1) is 23.4. The normalized spacial score (nSPS) is 14.4. The number of amides is 2. The minimum absolute atomic E-state index is 0.0156. The molecule has 0 atom stereocenters. The fraction of sp³-hybridized carbons (Fsp3) is 0.333. The van der Waals surface area contributed by atoms with E-state index in [4.69, 9.17) is 0 Å². The van der Waals surface area contributed by atoms with Crippen LogP contribution in [0.4, 0.5) is 11.5 Å². The van der Waals surface area contributed by atoms with Crippen molar-refractivity contribution in [1.82, 2.24) is 44.9 Å². The highest BCUT2D eigenvalue weighted by Crippen LogP contribution is 2.24. The third-order valence-corrected chi connectivity index (χ3v) is 5.97. The van der Waals surface area contributed by atoms with Crippen molar-refractivity contribution in [1.29, 1.82) is 0 Å². The molecule has 0 saturated carbocycles. The Balaban J connectivity index is 1.21. The fourth-order valence-corrected chi connectivity index (χ4v) is 4.19. The second-order valence-electron chi connectivity index (χ2n) is 8.97. The van der Waals surface area contributed by atoms with E-state index in [1.54, 1.807) is 35.2 Å². The molecule has 1 fully saturated rings. The first-order valence-electron chi connectivity index (χ1n) is 11.8. The van der Waals surface area contributed by atoms with Gasteiger partial charge in [-0.15, -0.1) is 0 Å². The van der Waals surface area contributed by atoms with Gasteiger partial charge in [-0.1, -0.05) is 0 Å². The predicted molar refractivity (Wildman–Crippen MR) is 134 cm³/mol. The smallest absolute Gasteiger partial charge is 0.253 e. The summed E-state index contributed by atoms with van der Waals surface area (Å²) in [4.78, 5) is 37.8. The van der Waals surface area contributed by atoms with Crippen LogP contribution in [0.15, 0.2) is 49.2 Å². The summed E-state index contributed by atoms with van der Waals surface area (Å²) in [6, 6.07) is 7.41. The van der Waals surface area contributed by atoms with Gasteiger partial charge in [-0.05, 0) is 38.1 Å². The number of nitrogens with one attached hydrogen (secondary N) is 3. The Hall–Kier alpha value is -4.32. The van der Waals surface area contributed by atoms with E-state index in [2.05, 4.69) is 40.8 Å². The maximum absolute atomic E-state index is 13.0. The Morgan fingerprint density at radius 2 is 1.83 bits per heavy atom. The second-order valence-corrected chi connectivity index (χ2v) is 8.97. The predicted octanol–water partition coefficient (Wildman–Crippen LogP) is 1.54. The molecule has 1 saturated heterocycles. The van der Waals surface area contributed by atoms with E-state index in [1.165, 1.54) is 6.33 Å². The zero-order valence-corrected chi connectivity index (χ0v) is 20.2. The van der Waals surface area contributed by atoms with Crippen LogP contribution in [0.1, 0.15) is 24.2 Å². The number of rotatable bonds is 7. The number of piperazine rings is 1. The van der Waals surface area contributed by atoms with Gasteiger partial charge in [-0.25, -0.2) is 14.5 Å². The van der Waals surface area contributed by atoms with Gasteiger partial charge in [0.15, 0.2) is 11.5 Å². The Morgan fingerprint density at radius 3 is 2.53 bits per heavy atom. The standard InChI is InChI=1S/C24H28N10O2/c1-16(2)30-21(35)14-32-7-9-33(10-8-32)24(36)17-3-5-19(6-4-17)31-22-23-26-15-29-34(23)20(13-25-22)18-11-27-28-12-18/h3-6,11-13,15-16H,7-10,14H2,1-2H3,(H,25,31)(H,27,28)(H,30,35). The number of aromatic amines is 1. The summed E-state index contributed by atoms with van der Waals surface area (Å²) in [6.07, 6.45) is 6.65. The Kier molecular flexibility index (Phi) is 6.58. The molecular weight excluding hydrogens is 460 g/mol. The molecule has 1 aliphatic heterocycles. The zero-order valence-electron chi connectivity index (χ0n) is 20.2. The molecule has 0 aliphatic carbocycles. The van der Waals surface area contributed by atoms with E-state index < -0.39 is 0 Å². The number of benzene rings is 1. The molecule has 5 rings (SSSR count). The third-order valence-electron chi connectivity index (χ3n) is 5.97. The number of carbonyl (C=O) groups is 2. The highest BCUT2D eigenvalue weighted by atomic mass is 16.2. The number of H-pyrrole nitrogens is 1. The summed E-state index contributed by atoms with van der Waals surface area (Å²) >= 11 is 0. The van der Waals surface area contributed by atoms with Gasteiger partial charge >= 0.3 is 0 Å². The monoisotopic (exact) mass is 488 g/mol. The van der Waals surface area contributed by atoms with Crippen LogP contribution in [0.2, 0.25) is 0 Å². The van der Waals surface area contributed by atoms with Gasteiger partial charge < -0.3 is 15.5 Å². The molecule has 0 radical (unpaired) electrons. The quantitative estimate of drug-likeness (QED) is 0.356. The van der Waals surface area contributed by atoms with Crippen LogP contribution in [-0.4, -0.2) is 90.2 Å². The highest BCUT2D eigenvalue weighted by molar-refractivity contribution is 5.94. The van der Waals surface area contributed by atoms with E-state index in [1.807, 2.05) is 30.9 Å². The first-order chi connectivity index (χ1) is 17.5. The lowest BCUT2D eigenvalue weighted by atomic mass is 10.1. The first-order valence-corrected chi connectivity index (χ1v) is 11.8. The topological polar surface area (TPSA) is 136 Å². The van der Waals surface area contributed by atoms with Crippen LogP contribution >= 0.6 is 0 Å². The lowest BCUT2D eigenvalue weighted by molar-refractivity contribution is -0.123. The van der Waals surface area contributed by atoms with Crippen LogP contribution in [0, 0.1) is 0 Å². The fourth-order valence-electron chi connectivity index (χ4n) is 4.19. The summed E-state index contributed by atoms with van der Waals surface area (Å²) in [7, 11) is 0.